The summed E-state index contributed by atoms with van der Waals surface area (Å²) in [6, 6.07) is 17.4. The molecule has 0 aromatic heterocycles. The minimum atomic E-state index is -1.82. The van der Waals surface area contributed by atoms with Gasteiger partial charge in [-0.15, -0.1) is 11.8 Å². The number of nitrogens with zero attached hydrogens (tertiary/aromatic N) is 1. The molecule has 29 heavy (non-hydrogen) atoms. The number of likely N-dealkylation sites (N-methyl/N-ethyl adjacent to an activating group) is 1. The van der Waals surface area contributed by atoms with E-state index >= 15 is 0 Å². The standard InChI is InChI=1S/C20H23NOS.C2H2O4/c1-21(13-14-22)12-6-10-18-17-8-3-2-7-16(17)15-23-20-11-5-4-9-19(18)20;3-1(4)2(5)6/h2-5,7-11,22H,6,12-15H2,1H3;(H,3,4)(H,5,6)/b18-10+;. The van der Waals surface area contributed by atoms with Gasteiger partial charge in [0.15, 0.2) is 0 Å². The molecule has 0 saturated carbocycles. The third kappa shape index (κ3) is 6.74. The van der Waals surface area contributed by atoms with Gasteiger partial charge >= 0.3 is 11.9 Å². The first-order chi connectivity index (χ1) is 13.9. The Bertz CT molecular complexity index is 820. The third-order valence-electron chi connectivity index (χ3n) is 4.39. The van der Waals surface area contributed by atoms with Crippen molar-refractivity contribution in [3.63, 3.8) is 0 Å². The van der Waals surface area contributed by atoms with Gasteiger partial charge in [0.05, 0.1) is 6.61 Å². The van der Waals surface area contributed by atoms with Crippen LogP contribution in [0.25, 0.3) is 5.57 Å². The fourth-order valence-electron chi connectivity index (χ4n) is 2.96. The minimum Gasteiger partial charge on any atom is -0.473 e. The van der Waals surface area contributed by atoms with Gasteiger partial charge in [-0.25, -0.2) is 9.59 Å². The molecular formula is C22H25NO5S. The van der Waals surface area contributed by atoms with E-state index in [0.29, 0.717) is 0 Å². The fraction of sp³-hybridized carbons (Fsp3) is 0.273. The summed E-state index contributed by atoms with van der Waals surface area (Å²) in [6.45, 7) is 1.91. The number of hydrogen-bond donors (Lipinski definition) is 3. The highest BCUT2D eigenvalue weighted by Crippen LogP contribution is 2.39. The zero-order valence-electron chi connectivity index (χ0n) is 16.2. The molecule has 7 heteroatoms. The van der Waals surface area contributed by atoms with E-state index in [0.717, 1.165) is 25.3 Å². The van der Waals surface area contributed by atoms with E-state index in [1.165, 1.54) is 27.2 Å². The van der Waals surface area contributed by atoms with Crippen LogP contribution < -0.4 is 0 Å². The number of carboxylic acids is 2. The number of carboxylic acid groups (broad SMARTS) is 2. The van der Waals surface area contributed by atoms with Gasteiger partial charge in [-0.05, 0) is 41.8 Å². The van der Waals surface area contributed by atoms with Gasteiger partial charge in [0.2, 0.25) is 0 Å². The first kappa shape index (κ1) is 22.7. The number of hydrogen-bond acceptors (Lipinski definition) is 5. The van der Waals surface area contributed by atoms with Crippen molar-refractivity contribution in [1.29, 1.82) is 0 Å². The van der Waals surface area contributed by atoms with Crippen LogP contribution >= 0.6 is 11.8 Å². The summed E-state index contributed by atoms with van der Waals surface area (Å²) >= 11 is 1.92. The van der Waals surface area contributed by atoms with Crippen LogP contribution in [-0.4, -0.2) is 58.9 Å². The number of aliphatic hydroxyl groups excluding tert-OH is 1. The lowest BCUT2D eigenvalue weighted by Gasteiger charge is -2.15. The van der Waals surface area contributed by atoms with Crippen LogP contribution in [0, 0.1) is 0 Å². The molecule has 1 aliphatic rings. The van der Waals surface area contributed by atoms with Crippen molar-refractivity contribution in [3.05, 3.63) is 71.3 Å². The Balaban J connectivity index is 0.000000438. The average molecular weight is 416 g/mol. The predicted octanol–water partition coefficient (Wildman–Crippen LogP) is 3.19. The van der Waals surface area contributed by atoms with Crippen molar-refractivity contribution in [2.45, 2.75) is 17.1 Å². The van der Waals surface area contributed by atoms with E-state index in [4.69, 9.17) is 24.9 Å². The highest BCUT2D eigenvalue weighted by atomic mass is 32.2. The topological polar surface area (TPSA) is 98.1 Å². The summed E-state index contributed by atoms with van der Waals surface area (Å²) in [5.41, 5.74) is 5.45. The lowest BCUT2D eigenvalue weighted by atomic mass is 9.93. The Morgan fingerprint density at radius 2 is 1.62 bits per heavy atom. The van der Waals surface area contributed by atoms with Crippen LogP contribution in [-0.2, 0) is 15.3 Å². The zero-order valence-corrected chi connectivity index (χ0v) is 17.1. The van der Waals surface area contributed by atoms with Gasteiger partial charge in [0.25, 0.3) is 0 Å². The van der Waals surface area contributed by atoms with Crippen LogP contribution in [0.15, 0.2) is 59.5 Å². The molecule has 1 aliphatic heterocycles. The molecule has 154 valence electrons. The third-order valence-corrected chi connectivity index (χ3v) is 5.51. The molecule has 1 heterocycles. The van der Waals surface area contributed by atoms with Crippen molar-refractivity contribution >= 4 is 29.3 Å². The van der Waals surface area contributed by atoms with Crippen LogP contribution in [0.5, 0.6) is 0 Å². The number of benzene rings is 2. The highest BCUT2D eigenvalue weighted by Gasteiger charge is 2.17. The molecule has 0 bridgehead atoms. The van der Waals surface area contributed by atoms with E-state index in [1.807, 2.05) is 11.8 Å². The molecule has 3 N–H and O–H groups in total. The minimum absolute atomic E-state index is 0.218. The molecule has 3 rings (SSSR count). The van der Waals surface area contributed by atoms with Crippen molar-refractivity contribution in [2.24, 2.45) is 0 Å². The average Bonchev–Trinajstić information content (AvgIpc) is 2.86. The summed E-state index contributed by atoms with van der Waals surface area (Å²) < 4.78 is 0. The number of aliphatic hydroxyl groups is 1. The second-order valence-electron chi connectivity index (χ2n) is 6.49. The van der Waals surface area contributed by atoms with Gasteiger partial charge in [0, 0.05) is 23.7 Å². The summed E-state index contributed by atoms with van der Waals surface area (Å²) in [4.78, 5) is 21.7. The molecule has 2 aromatic rings. The first-order valence-electron chi connectivity index (χ1n) is 9.20. The molecule has 0 saturated heterocycles. The summed E-state index contributed by atoms with van der Waals surface area (Å²) in [7, 11) is 2.06. The second kappa shape index (κ2) is 11.4. The fourth-order valence-corrected chi connectivity index (χ4v) is 4.03. The normalized spacial score (nSPS) is 13.7. The maximum atomic E-state index is 9.10. The summed E-state index contributed by atoms with van der Waals surface area (Å²) in [6.07, 6.45) is 3.34. The lowest BCUT2D eigenvalue weighted by molar-refractivity contribution is -0.159. The van der Waals surface area contributed by atoms with Crippen molar-refractivity contribution in [1.82, 2.24) is 4.90 Å². The summed E-state index contributed by atoms with van der Waals surface area (Å²) in [5.74, 6) is -2.63. The molecule has 2 aromatic carbocycles. The molecule has 0 radical (unpaired) electrons. The smallest absolute Gasteiger partial charge is 0.414 e. The Morgan fingerprint density at radius 1 is 1.00 bits per heavy atom. The molecular weight excluding hydrogens is 390 g/mol. The molecule has 0 atom stereocenters. The van der Waals surface area contributed by atoms with E-state index in [1.54, 1.807) is 0 Å². The van der Waals surface area contributed by atoms with E-state index in [2.05, 4.69) is 66.6 Å². The Morgan fingerprint density at radius 3 is 2.28 bits per heavy atom. The second-order valence-corrected chi connectivity index (χ2v) is 7.50. The molecule has 0 unspecified atom stereocenters. The van der Waals surface area contributed by atoms with Crippen LogP contribution in [0.3, 0.4) is 0 Å². The van der Waals surface area contributed by atoms with E-state index < -0.39 is 11.9 Å². The van der Waals surface area contributed by atoms with Gasteiger partial charge in [0.1, 0.15) is 0 Å². The SMILES string of the molecule is CN(CCO)CC/C=C1\c2ccccc2CSc2ccccc21.O=C(O)C(=O)O. The van der Waals surface area contributed by atoms with E-state index in [9.17, 15) is 0 Å². The van der Waals surface area contributed by atoms with Gasteiger partial charge in [-0.2, -0.15) is 0 Å². The molecule has 0 aliphatic carbocycles. The van der Waals surface area contributed by atoms with Crippen molar-refractivity contribution < 1.29 is 24.9 Å². The largest absolute Gasteiger partial charge is 0.473 e. The monoisotopic (exact) mass is 415 g/mol. The molecule has 0 fully saturated rings. The summed E-state index contributed by atoms with van der Waals surface area (Å²) in [5, 5.41) is 23.8. The van der Waals surface area contributed by atoms with Crippen LogP contribution in [0.4, 0.5) is 0 Å². The maximum Gasteiger partial charge on any atom is 0.414 e. The molecule has 0 spiro atoms. The molecule has 0 amide bonds. The lowest BCUT2D eigenvalue weighted by Crippen LogP contribution is -2.22. The number of aliphatic carboxylic acids is 2. The Hall–Kier alpha value is -2.61. The Labute approximate surface area is 174 Å². The number of rotatable bonds is 5. The van der Waals surface area contributed by atoms with Crippen LogP contribution in [0.1, 0.15) is 23.1 Å². The zero-order chi connectivity index (χ0) is 21.2. The highest BCUT2D eigenvalue weighted by molar-refractivity contribution is 7.98. The van der Waals surface area contributed by atoms with Crippen molar-refractivity contribution in [2.75, 3.05) is 26.7 Å². The Kier molecular flexibility index (Phi) is 8.92. The van der Waals surface area contributed by atoms with Gasteiger partial charge < -0.3 is 20.2 Å². The van der Waals surface area contributed by atoms with Crippen molar-refractivity contribution in [3.8, 4) is 0 Å². The number of carbonyl (C=O) groups is 2. The van der Waals surface area contributed by atoms with Gasteiger partial charge in [-0.1, -0.05) is 48.5 Å². The van der Waals surface area contributed by atoms with E-state index in [-0.39, 0.29) is 6.61 Å². The van der Waals surface area contributed by atoms with Gasteiger partial charge in [-0.3, -0.25) is 0 Å². The quantitative estimate of drug-likeness (QED) is 0.645. The number of thioether (sulfide) groups is 1. The first-order valence-corrected chi connectivity index (χ1v) is 10.2. The van der Waals surface area contributed by atoms with Crippen LogP contribution in [0.2, 0.25) is 0 Å². The predicted molar refractivity (Wildman–Crippen MR) is 114 cm³/mol. The maximum absolute atomic E-state index is 9.10. The number of fused-ring (bicyclic) bond motifs is 2. The molecule has 6 nitrogen and oxygen atoms in total.